The van der Waals surface area contributed by atoms with Gasteiger partial charge in [-0.2, -0.15) is 0 Å². The number of rotatable bonds is 4. The normalized spacial score (nSPS) is 16.7. The fourth-order valence-corrected chi connectivity index (χ4v) is 1.21. The molecule has 0 spiro atoms. The predicted molar refractivity (Wildman–Crippen MR) is 53.0 cm³/mol. The van der Waals surface area contributed by atoms with Gasteiger partial charge in [0.1, 0.15) is 0 Å². The second-order valence-corrected chi connectivity index (χ2v) is 3.22. The summed E-state index contributed by atoms with van der Waals surface area (Å²) in [4.78, 5) is 10.4. The Morgan fingerprint density at radius 2 is 1.73 bits per heavy atom. The largest absolute Gasteiger partial charge is 0.479 e. The van der Waals surface area contributed by atoms with Gasteiger partial charge in [-0.05, 0) is 5.56 Å². The van der Waals surface area contributed by atoms with Crippen molar-refractivity contribution in [2.45, 2.75) is 18.2 Å². The maximum absolute atomic E-state index is 10.4. The minimum absolute atomic E-state index is 0.477. The second kappa shape index (κ2) is 4.88. The number of nitrogens with two attached hydrogens (primary N) is 1. The van der Waals surface area contributed by atoms with E-state index in [4.69, 9.17) is 15.9 Å². The van der Waals surface area contributed by atoms with E-state index in [1.54, 1.807) is 30.3 Å². The minimum atomic E-state index is -1.78. The van der Waals surface area contributed by atoms with Crippen molar-refractivity contribution >= 4 is 5.97 Å². The summed E-state index contributed by atoms with van der Waals surface area (Å²) in [6.45, 7) is 0. The standard InChI is InChI=1S/C10H13NO4/c11-7(9(13)10(14)15)8(12)6-4-2-1-3-5-6/h1-5,7-9,12-13H,11H2,(H,14,15)/t7-,8-,9+/m0/s1. The molecule has 0 amide bonds. The molecular formula is C10H13NO4. The van der Waals surface area contributed by atoms with Gasteiger partial charge in [0.15, 0.2) is 6.10 Å². The molecule has 0 aliphatic carbocycles. The Hall–Kier alpha value is -1.43. The van der Waals surface area contributed by atoms with Crippen LogP contribution in [0, 0.1) is 0 Å². The molecule has 0 saturated carbocycles. The average Bonchev–Trinajstić information content (AvgIpc) is 2.27. The molecule has 0 aliphatic heterocycles. The van der Waals surface area contributed by atoms with E-state index in [9.17, 15) is 9.90 Å². The molecule has 0 radical (unpaired) electrons. The highest BCUT2D eigenvalue weighted by atomic mass is 16.4. The first kappa shape index (κ1) is 11.6. The summed E-state index contributed by atoms with van der Waals surface area (Å²) in [6, 6.07) is 7.12. The first-order chi connectivity index (χ1) is 7.04. The number of aliphatic hydroxyl groups excluding tert-OH is 2. The first-order valence-corrected chi connectivity index (χ1v) is 4.43. The third-order valence-electron chi connectivity index (χ3n) is 2.12. The van der Waals surface area contributed by atoms with E-state index in [0.717, 1.165) is 0 Å². The molecule has 0 heterocycles. The van der Waals surface area contributed by atoms with Gasteiger partial charge in [-0.15, -0.1) is 0 Å². The van der Waals surface area contributed by atoms with Crippen molar-refractivity contribution in [1.29, 1.82) is 0 Å². The molecule has 5 heteroatoms. The van der Waals surface area contributed by atoms with Gasteiger partial charge in [-0.1, -0.05) is 30.3 Å². The Morgan fingerprint density at radius 1 is 1.20 bits per heavy atom. The number of aliphatic carboxylic acids is 1. The molecule has 0 saturated heterocycles. The molecule has 5 N–H and O–H groups in total. The minimum Gasteiger partial charge on any atom is -0.479 e. The Labute approximate surface area is 86.8 Å². The third kappa shape index (κ3) is 2.76. The Bertz CT molecular complexity index is 327. The van der Waals surface area contributed by atoms with Crippen LogP contribution in [0.1, 0.15) is 11.7 Å². The molecule has 5 nitrogen and oxygen atoms in total. The Kier molecular flexibility index (Phi) is 3.79. The summed E-state index contributed by atoms with van der Waals surface area (Å²) < 4.78 is 0. The molecule has 15 heavy (non-hydrogen) atoms. The van der Waals surface area contributed by atoms with E-state index in [-0.39, 0.29) is 0 Å². The van der Waals surface area contributed by atoms with Gasteiger partial charge in [0, 0.05) is 0 Å². The van der Waals surface area contributed by atoms with Crippen LogP contribution in [0.4, 0.5) is 0 Å². The van der Waals surface area contributed by atoms with Crippen molar-refractivity contribution in [3.05, 3.63) is 35.9 Å². The van der Waals surface area contributed by atoms with Gasteiger partial charge < -0.3 is 21.1 Å². The monoisotopic (exact) mass is 211 g/mol. The number of benzene rings is 1. The van der Waals surface area contributed by atoms with Crippen LogP contribution in [0.3, 0.4) is 0 Å². The quantitative estimate of drug-likeness (QED) is 0.537. The Balaban J connectivity index is 2.77. The fraction of sp³-hybridized carbons (Fsp3) is 0.300. The highest BCUT2D eigenvalue weighted by Crippen LogP contribution is 2.17. The topological polar surface area (TPSA) is 104 Å². The zero-order valence-corrected chi connectivity index (χ0v) is 7.95. The van der Waals surface area contributed by atoms with Crippen molar-refractivity contribution in [3.8, 4) is 0 Å². The second-order valence-electron chi connectivity index (χ2n) is 3.22. The van der Waals surface area contributed by atoms with Crippen LogP contribution >= 0.6 is 0 Å². The maximum atomic E-state index is 10.4. The lowest BCUT2D eigenvalue weighted by molar-refractivity contribution is -0.149. The SMILES string of the molecule is N[C@H]([C@@H](O)C(=O)O)[C@@H](O)c1ccccc1. The summed E-state index contributed by atoms with van der Waals surface area (Å²) in [5.74, 6) is -1.45. The fourth-order valence-electron chi connectivity index (χ4n) is 1.21. The van der Waals surface area contributed by atoms with Crippen LogP contribution in [0.2, 0.25) is 0 Å². The van der Waals surface area contributed by atoms with Crippen molar-refractivity contribution < 1.29 is 20.1 Å². The number of carboxylic acid groups (broad SMARTS) is 1. The molecular weight excluding hydrogens is 198 g/mol. The van der Waals surface area contributed by atoms with Crippen LogP contribution in [-0.4, -0.2) is 33.4 Å². The number of hydrogen-bond acceptors (Lipinski definition) is 4. The summed E-state index contributed by atoms with van der Waals surface area (Å²) in [6.07, 6.45) is -2.97. The first-order valence-electron chi connectivity index (χ1n) is 4.43. The van der Waals surface area contributed by atoms with Gasteiger partial charge >= 0.3 is 5.97 Å². The van der Waals surface area contributed by atoms with Crippen molar-refractivity contribution in [3.63, 3.8) is 0 Å². The molecule has 0 aliphatic rings. The summed E-state index contributed by atoms with van der Waals surface area (Å²) in [5.41, 5.74) is 5.89. The molecule has 1 aromatic rings. The van der Waals surface area contributed by atoms with Crippen LogP contribution in [-0.2, 0) is 4.79 Å². The molecule has 1 aromatic carbocycles. The van der Waals surface area contributed by atoms with Crippen molar-refractivity contribution in [1.82, 2.24) is 0 Å². The van der Waals surface area contributed by atoms with Crippen LogP contribution in [0.5, 0.6) is 0 Å². The number of aliphatic hydroxyl groups is 2. The predicted octanol–water partition coefficient (Wildman–Crippen LogP) is -0.507. The number of carboxylic acids is 1. The smallest absolute Gasteiger partial charge is 0.334 e. The van der Waals surface area contributed by atoms with Crippen LogP contribution in [0.25, 0.3) is 0 Å². The van der Waals surface area contributed by atoms with Crippen molar-refractivity contribution in [2.75, 3.05) is 0 Å². The number of hydrogen-bond donors (Lipinski definition) is 4. The van der Waals surface area contributed by atoms with Gasteiger partial charge in [0.25, 0.3) is 0 Å². The molecule has 3 atom stereocenters. The lowest BCUT2D eigenvalue weighted by atomic mass is 9.99. The van der Waals surface area contributed by atoms with Gasteiger partial charge in [-0.25, -0.2) is 4.79 Å². The van der Waals surface area contributed by atoms with Crippen molar-refractivity contribution in [2.24, 2.45) is 5.73 Å². The summed E-state index contributed by atoms with van der Waals surface area (Å²) >= 11 is 0. The highest BCUT2D eigenvalue weighted by Gasteiger charge is 2.29. The van der Waals surface area contributed by atoms with Gasteiger partial charge in [-0.3, -0.25) is 0 Å². The molecule has 82 valence electrons. The van der Waals surface area contributed by atoms with E-state index < -0.39 is 24.2 Å². The summed E-state index contributed by atoms with van der Waals surface area (Å²) in [7, 11) is 0. The maximum Gasteiger partial charge on any atom is 0.334 e. The molecule has 0 aromatic heterocycles. The van der Waals surface area contributed by atoms with E-state index in [2.05, 4.69) is 0 Å². The molecule has 1 rings (SSSR count). The lowest BCUT2D eigenvalue weighted by Crippen LogP contribution is -2.44. The van der Waals surface area contributed by atoms with E-state index in [1.165, 1.54) is 0 Å². The number of carbonyl (C=O) groups is 1. The summed E-state index contributed by atoms with van der Waals surface area (Å²) in [5, 5.41) is 27.3. The Morgan fingerprint density at radius 3 is 2.20 bits per heavy atom. The van der Waals surface area contributed by atoms with E-state index >= 15 is 0 Å². The van der Waals surface area contributed by atoms with Gasteiger partial charge in [0.05, 0.1) is 12.1 Å². The van der Waals surface area contributed by atoms with Crippen LogP contribution < -0.4 is 5.73 Å². The molecule has 0 fully saturated rings. The van der Waals surface area contributed by atoms with E-state index in [1.807, 2.05) is 0 Å². The zero-order valence-electron chi connectivity index (χ0n) is 7.95. The molecule has 0 unspecified atom stereocenters. The lowest BCUT2D eigenvalue weighted by Gasteiger charge is -2.21. The van der Waals surface area contributed by atoms with E-state index in [0.29, 0.717) is 5.56 Å². The zero-order chi connectivity index (χ0) is 11.4. The average molecular weight is 211 g/mol. The van der Waals surface area contributed by atoms with Crippen LogP contribution in [0.15, 0.2) is 30.3 Å². The third-order valence-corrected chi connectivity index (χ3v) is 2.12. The van der Waals surface area contributed by atoms with Gasteiger partial charge in [0.2, 0.25) is 0 Å². The molecule has 0 bridgehead atoms. The highest BCUT2D eigenvalue weighted by molar-refractivity contribution is 5.73.